The zero-order chi connectivity index (χ0) is 18.7. The molecule has 1 aromatic rings. The van der Waals surface area contributed by atoms with Crippen LogP contribution in [-0.2, 0) is 14.3 Å². The second-order valence-corrected chi connectivity index (χ2v) is 5.26. The molecule has 25 heavy (non-hydrogen) atoms. The molecule has 0 radical (unpaired) electrons. The highest BCUT2D eigenvalue weighted by Gasteiger charge is 2.19. The van der Waals surface area contributed by atoms with Gasteiger partial charge in [0.1, 0.15) is 0 Å². The highest BCUT2D eigenvalue weighted by atomic mass is 16.5. The maximum absolute atomic E-state index is 12.8. The van der Waals surface area contributed by atoms with Crippen molar-refractivity contribution in [1.29, 1.82) is 0 Å². The molecule has 0 saturated carbocycles. The number of methoxy groups -OCH3 is 3. The quantitative estimate of drug-likeness (QED) is 0.448. The van der Waals surface area contributed by atoms with Crippen molar-refractivity contribution < 1.29 is 28.5 Å². The van der Waals surface area contributed by atoms with Crippen LogP contribution in [0.1, 0.15) is 30.1 Å². The molecule has 140 valence electrons. The molecule has 1 amide bonds. The molecular weight excluding hydrogens is 326 g/mol. The molecule has 0 unspecified atom stereocenters. The third-order valence-corrected chi connectivity index (χ3v) is 3.59. The lowest BCUT2D eigenvalue weighted by molar-refractivity contribution is -0.143. The van der Waals surface area contributed by atoms with Crippen LogP contribution < -0.4 is 9.47 Å². The molecular formula is C18H27NO6. The number of hydrogen-bond acceptors (Lipinski definition) is 6. The van der Waals surface area contributed by atoms with Gasteiger partial charge in [-0.2, -0.15) is 0 Å². The van der Waals surface area contributed by atoms with Gasteiger partial charge in [-0.25, -0.2) is 0 Å². The Morgan fingerprint density at radius 2 is 1.76 bits per heavy atom. The standard InChI is InChI=1S/C18H27NO6/c1-5-25-17(20)9-11-19(10-6-12-22-2)18(21)14-7-8-15(23-3)16(13-14)24-4/h7-8,13H,5-6,9-12H2,1-4H3. The van der Waals surface area contributed by atoms with E-state index >= 15 is 0 Å². The Morgan fingerprint density at radius 1 is 1.04 bits per heavy atom. The average Bonchev–Trinajstić information content (AvgIpc) is 2.63. The summed E-state index contributed by atoms with van der Waals surface area (Å²) in [6.07, 6.45) is 0.832. The Balaban J connectivity index is 2.87. The van der Waals surface area contributed by atoms with Gasteiger partial charge in [-0.3, -0.25) is 9.59 Å². The SMILES string of the molecule is CCOC(=O)CCN(CCCOC)C(=O)c1ccc(OC)c(OC)c1. The summed E-state index contributed by atoms with van der Waals surface area (Å²) in [5.74, 6) is 0.535. The van der Waals surface area contributed by atoms with Gasteiger partial charge in [-0.1, -0.05) is 0 Å². The first kappa shape index (κ1) is 20.8. The number of rotatable bonds is 11. The Kier molecular flexibility index (Phi) is 9.39. The molecule has 0 spiro atoms. The van der Waals surface area contributed by atoms with E-state index in [9.17, 15) is 9.59 Å². The van der Waals surface area contributed by atoms with Gasteiger partial charge < -0.3 is 23.8 Å². The summed E-state index contributed by atoms with van der Waals surface area (Å²) < 4.78 is 20.4. The van der Waals surface area contributed by atoms with Crippen LogP contribution in [0.2, 0.25) is 0 Å². The van der Waals surface area contributed by atoms with E-state index in [-0.39, 0.29) is 24.8 Å². The third kappa shape index (κ3) is 6.62. The van der Waals surface area contributed by atoms with Crippen molar-refractivity contribution in [2.24, 2.45) is 0 Å². The van der Waals surface area contributed by atoms with Crippen LogP contribution in [0.25, 0.3) is 0 Å². The maximum Gasteiger partial charge on any atom is 0.307 e. The maximum atomic E-state index is 12.8. The molecule has 0 bridgehead atoms. The van der Waals surface area contributed by atoms with Gasteiger partial charge in [0.15, 0.2) is 11.5 Å². The summed E-state index contributed by atoms with van der Waals surface area (Å²) in [6.45, 7) is 3.39. The van der Waals surface area contributed by atoms with Crippen molar-refractivity contribution in [1.82, 2.24) is 4.90 Å². The van der Waals surface area contributed by atoms with Crippen molar-refractivity contribution in [2.45, 2.75) is 19.8 Å². The largest absolute Gasteiger partial charge is 0.493 e. The molecule has 0 aliphatic carbocycles. The predicted molar refractivity (Wildman–Crippen MR) is 93.2 cm³/mol. The molecule has 0 saturated heterocycles. The summed E-state index contributed by atoms with van der Waals surface area (Å²) in [5.41, 5.74) is 0.471. The molecule has 0 aliphatic rings. The fourth-order valence-corrected chi connectivity index (χ4v) is 2.33. The van der Waals surface area contributed by atoms with Crippen molar-refractivity contribution >= 4 is 11.9 Å². The Bertz CT molecular complexity index is 560. The van der Waals surface area contributed by atoms with Crippen molar-refractivity contribution in [3.63, 3.8) is 0 Å². The van der Waals surface area contributed by atoms with E-state index in [0.717, 1.165) is 0 Å². The minimum Gasteiger partial charge on any atom is -0.493 e. The van der Waals surface area contributed by atoms with Gasteiger partial charge in [-0.15, -0.1) is 0 Å². The van der Waals surface area contributed by atoms with Crippen LogP contribution in [0, 0.1) is 0 Å². The van der Waals surface area contributed by atoms with Crippen LogP contribution in [0.4, 0.5) is 0 Å². The minimum absolute atomic E-state index is 0.153. The second kappa shape index (κ2) is 11.3. The Morgan fingerprint density at radius 3 is 2.36 bits per heavy atom. The van der Waals surface area contributed by atoms with Gasteiger partial charge in [-0.05, 0) is 31.5 Å². The van der Waals surface area contributed by atoms with E-state index in [1.807, 2.05) is 0 Å². The van der Waals surface area contributed by atoms with Gasteiger partial charge in [0.05, 0.1) is 27.2 Å². The summed E-state index contributed by atoms with van der Waals surface area (Å²) in [4.78, 5) is 26.0. The highest BCUT2D eigenvalue weighted by Crippen LogP contribution is 2.28. The second-order valence-electron chi connectivity index (χ2n) is 5.26. The monoisotopic (exact) mass is 353 g/mol. The van der Waals surface area contributed by atoms with Crippen LogP contribution in [-0.4, -0.2) is 64.4 Å². The van der Waals surface area contributed by atoms with Crippen LogP contribution >= 0.6 is 0 Å². The van der Waals surface area contributed by atoms with Crippen molar-refractivity contribution in [3.8, 4) is 11.5 Å². The average molecular weight is 353 g/mol. The van der Waals surface area contributed by atoms with E-state index in [4.69, 9.17) is 18.9 Å². The van der Waals surface area contributed by atoms with E-state index in [0.29, 0.717) is 43.2 Å². The fourth-order valence-electron chi connectivity index (χ4n) is 2.33. The summed E-state index contributed by atoms with van der Waals surface area (Å²) in [7, 11) is 4.66. The molecule has 0 aromatic heterocycles. The number of carbonyl (C=O) groups is 2. The zero-order valence-electron chi connectivity index (χ0n) is 15.4. The van der Waals surface area contributed by atoms with E-state index in [2.05, 4.69) is 0 Å². The number of esters is 1. The van der Waals surface area contributed by atoms with Crippen LogP contribution in [0.5, 0.6) is 11.5 Å². The van der Waals surface area contributed by atoms with Crippen molar-refractivity contribution in [2.75, 3.05) is 47.6 Å². The number of nitrogens with zero attached hydrogens (tertiary/aromatic N) is 1. The topological polar surface area (TPSA) is 74.3 Å². The Labute approximate surface area is 148 Å². The Hall–Kier alpha value is -2.28. The number of hydrogen-bond donors (Lipinski definition) is 0. The minimum atomic E-state index is -0.320. The molecule has 0 fully saturated rings. The summed E-state index contributed by atoms with van der Waals surface area (Å²) in [5, 5.41) is 0. The molecule has 7 heteroatoms. The van der Waals surface area contributed by atoms with Crippen LogP contribution in [0.15, 0.2) is 18.2 Å². The number of ether oxygens (including phenoxy) is 4. The van der Waals surface area contributed by atoms with E-state index in [1.54, 1.807) is 37.1 Å². The molecule has 0 heterocycles. The molecule has 0 atom stereocenters. The molecule has 0 N–H and O–H groups in total. The zero-order valence-corrected chi connectivity index (χ0v) is 15.4. The van der Waals surface area contributed by atoms with Gasteiger partial charge in [0.2, 0.25) is 0 Å². The molecule has 7 nitrogen and oxygen atoms in total. The number of benzene rings is 1. The van der Waals surface area contributed by atoms with Crippen molar-refractivity contribution in [3.05, 3.63) is 23.8 Å². The molecule has 0 aliphatic heterocycles. The number of amides is 1. The predicted octanol–water partition coefficient (Wildman–Crippen LogP) is 2.14. The smallest absolute Gasteiger partial charge is 0.307 e. The first-order chi connectivity index (χ1) is 12.1. The normalized spacial score (nSPS) is 10.2. The summed E-state index contributed by atoms with van der Waals surface area (Å²) >= 11 is 0. The summed E-state index contributed by atoms with van der Waals surface area (Å²) in [6, 6.07) is 5.00. The van der Waals surface area contributed by atoms with Gasteiger partial charge >= 0.3 is 5.97 Å². The van der Waals surface area contributed by atoms with E-state index < -0.39 is 0 Å². The lowest BCUT2D eigenvalue weighted by Gasteiger charge is -2.23. The third-order valence-electron chi connectivity index (χ3n) is 3.59. The lowest BCUT2D eigenvalue weighted by Crippen LogP contribution is -2.34. The van der Waals surface area contributed by atoms with Gasteiger partial charge in [0, 0.05) is 32.4 Å². The molecule has 1 aromatic carbocycles. The first-order valence-electron chi connectivity index (χ1n) is 8.23. The fraction of sp³-hybridized carbons (Fsp3) is 0.556. The van der Waals surface area contributed by atoms with Gasteiger partial charge in [0.25, 0.3) is 5.91 Å². The lowest BCUT2D eigenvalue weighted by atomic mass is 10.1. The molecule has 1 rings (SSSR count). The highest BCUT2D eigenvalue weighted by molar-refractivity contribution is 5.95. The first-order valence-corrected chi connectivity index (χ1v) is 8.23. The number of carbonyl (C=O) groups excluding carboxylic acids is 2. The van der Waals surface area contributed by atoms with E-state index in [1.165, 1.54) is 14.2 Å². The van der Waals surface area contributed by atoms with Crippen LogP contribution in [0.3, 0.4) is 0 Å².